The monoisotopic (exact) mass is 220 g/mol. The van der Waals surface area contributed by atoms with E-state index in [1.807, 2.05) is 0 Å². The van der Waals surface area contributed by atoms with Crippen molar-refractivity contribution in [3.05, 3.63) is 46.5 Å². The van der Waals surface area contributed by atoms with Gasteiger partial charge in [0.05, 0.1) is 4.92 Å². The van der Waals surface area contributed by atoms with E-state index in [2.05, 4.69) is 11.9 Å². The number of hydrogen-bond acceptors (Lipinski definition) is 3. The van der Waals surface area contributed by atoms with Crippen molar-refractivity contribution < 1.29 is 9.72 Å². The Kier molecular flexibility index (Phi) is 3.77. The molecule has 0 aliphatic heterocycles. The van der Waals surface area contributed by atoms with Crippen LogP contribution in [0.3, 0.4) is 0 Å². The molecule has 0 heterocycles. The van der Waals surface area contributed by atoms with E-state index in [1.165, 1.54) is 25.1 Å². The minimum Gasteiger partial charge on any atom is -0.326 e. The van der Waals surface area contributed by atoms with Gasteiger partial charge in [0.2, 0.25) is 5.91 Å². The predicted octanol–water partition coefficient (Wildman–Crippen LogP) is 2.28. The van der Waals surface area contributed by atoms with Crippen LogP contribution in [0.4, 0.5) is 11.4 Å². The zero-order valence-corrected chi connectivity index (χ0v) is 8.90. The largest absolute Gasteiger partial charge is 0.326 e. The minimum atomic E-state index is -0.468. The van der Waals surface area contributed by atoms with Crippen LogP contribution in [0, 0.1) is 10.1 Å². The molecule has 16 heavy (non-hydrogen) atoms. The lowest BCUT2D eigenvalue weighted by atomic mass is 10.1. The molecule has 1 N–H and O–H groups in total. The fourth-order valence-electron chi connectivity index (χ4n) is 1.33. The number of benzene rings is 1. The van der Waals surface area contributed by atoms with Crippen LogP contribution in [-0.4, -0.2) is 10.8 Å². The summed E-state index contributed by atoms with van der Waals surface area (Å²) in [5, 5.41) is 13.2. The van der Waals surface area contributed by atoms with Gasteiger partial charge in [-0.3, -0.25) is 14.9 Å². The first-order valence-corrected chi connectivity index (χ1v) is 4.70. The summed E-state index contributed by atoms with van der Waals surface area (Å²) < 4.78 is 0. The Balaban J connectivity index is 3.12. The molecule has 84 valence electrons. The fourth-order valence-corrected chi connectivity index (χ4v) is 1.33. The van der Waals surface area contributed by atoms with Gasteiger partial charge in [-0.2, -0.15) is 0 Å². The number of anilines is 1. The lowest BCUT2D eigenvalue weighted by molar-refractivity contribution is -0.384. The van der Waals surface area contributed by atoms with Crippen molar-refractivity contribution in [3.8, 4) is 0 Å². The Morgan fingerprint density at radius 3 is 2.81 bits per heavy atom. The number of amides is 1. The molecule has 0 aromatic heterocycles. The first-order valence-electron chi connectivity index (χ1n) is 4.70. The van der Waals surface area contributed by atoms with E-state index < -0.39 is 4.92 Å². The highest BCUT2D eigenvalue weighted by molar-refractivity contribution is 5.89. The van der Waals surface area contributed by atoms with Gasteiger partial charge in [0, 0.05) is 24.7 Å². The maximum atomic E-state index is 10.9. The lowest BCUT2D eigenvalue weighted by Crippen LogP contribution is -2.08. The highest BCUT2D eigenvalue weighted by Gasteiger charge is 2.10. The molecular formula is C11H12N2O3. The van der Waals surface area contributed by atoms with E-state index in [-0.39, 0.29) is 11.6 Å². The lowest BCUT2D eigenvalue weighted by Gasteiger charge is -2.07. The summed E-state index contributed by atoms with van der Waals surface area (Å²) in [6.07, 6.45) is 2.10. The van der Waals surface area contributed by atoms with Crippen LogP contribution in [0.25, 0.3) is 0 Å². The molecular weight excluding hydrogens is 208 g/mol. The number of nitrogens with one attached hydrogen (secondary N) is 1. The first kappa shape index (κ1) is 11.9. The Morgan fingerprint density at radius 1 is 1.62 bits per heavy atom. The van der Waals surface area contributed by atoms with Gasteiger partial charge in [-0.05, 0) is 18.1 Å². The standard InChI is InChI=1S/C11H12N2O3/c1-3-4-9-7-10(13(15)16)5-6-11(9)12-8(2)14/h3,5-7H,1,4H2,2H3,(H,12,14). The second kappa shape index (κ2) is 5.06. The van der Waals surface area contributed by atoms with E-state index in [0.717, 1.165) is 0 Å². The summed E-state index contributed by atoms with van der Waals surface area (Å²) in [5.41, 5.74) is 1.27. The summed E-state index contributed by atoms with van der Waals surface area (Å²) in [7, 11) is 0. The molecule has 1 amide bonds. The van der Waals surface area contributed by atoms with Gasteiger partial charge in [0.25, 0.3) is 5.69 Å². The molecule has 0 bridgehead atoms. The van der Waals surface area contributed by atoms with Crippen LogP contribution < -0.4 is 5.32 Å². The second-order valence-electron chi connectivity index (χ2n) is 3.27. The molecule has 0 radical (unpaired) electrons. The molecule has 0 unspecified atom stereocenters. The van der Waals surface area contributed by atoms with E-state index in [0.29, 0.717) is 17.7 Å². The average Bonchev–Trinajstić information content (AvgIpc) is 2.20. The summed E-state index contributed by atoms with van der Waals surface area (Å²) in [6.45, 7) is 4.96. The maximum absolute atomic E-state index is 10.9. The van der Waals surface area contributed by atoms with Gasteiger partial charge in [-0.15, -0.1) is 6.58 Å². The highest BCUT2D eigenvalue weighted by atomic mass is 16.6. The maximum Gasteiger partial charge on any atom is 0.269 e. The van der Waals surface area contributed by atoms with Gasteiger partial charge < -0.3 is 5.32 Å². The topological polar surface area (TPSA) is 72.2 Å². The quantitative estimate of drug-likeness (QED) is 0.480. The predicted molar refractivity (Wildman–Crippen MR) is 61.3 cm³/mol. The summed E-state index contributed by atoms with van der Waals surface area (Å²) in [4.78, 5) is 21.0. The molecule has 0 atom stereocenters. The van der Waals surface area contributed by atoms with Gasteiger partial charge in [-0.1, -0.05) is 6.08 Å². The number of nitro benzene ring substituents is 1. The molecule has 0 fully saturated rings. The van der Waals surface area contributed by atoms with E-state index in [9.17, 15) is 14.9 Å². The SMILES string of the molecule is C=CCc1cc([N+](=O)[O-])ccc1NC(C)=O. The molecule has 0 saturated heterocycles. The molecule has 1 aromatic carbocycles. The number of hydrogen-bond donors (Lipinski definition) is 1. The van der Waals surface area contributed by atoms with Crippen molar-refractivity contribution >= 4 is 17.3 Å². The molecule has 0 aliphatic rings. The average molecular weight is 220 g/mol. The van der Waals surface area contributed by atoms with Crippen LogP contribution in [0.1, 0.15) is 12.5 Å². The number of rotatable bonds is 4. The van der Waals surface area contributed by atoms with Crippen molar-refractivity contribution in [2.24, 2.45) is 0 Å². The minimum absolute atomic E-state index is 0.00551. The Morgan fingerprint density at radius 2 is 2.31 bits per heavy atom. The van der Waals surface area contributed by atoms with Crippen LogP contribution in [0.5, 0.6) is 0 Å². The number of nitro groups is 1. The number of allylic oxidation sites excluding steroid dienone is 1. The van der Waals surface area contributed by atoms with Gasteiger partial charge in [-0.25, -0.2) is 0 Å². The summed E-state index contributed by atoms with van der Waals surface area (Å²) >= 11 is 0. The smallest absolute Gasteiger partial charge is 0.269 e. The van der Waals surface area contributed by atoms with Gasteiger partial charge in [0.15, 0.2) is 0 Å². The first-order chi connectivity index (χ1) is 7.54. The molecule has 0 aliphatic carbocycles. The zero-order chi connectivity index (χ0) is 12.1. The molecule has 1 rings (SSSR count). The molecule has 0 saturated carbocycles. The third-order valence-corrected chi connectivity index (χ3v) is 1.97. The Hall–Kier alpha value is -2.17. The summed E-state index contributed by atoms with van der Waals surface area (Å²) in [6, 6.07) is 4.32. The third kappa shape index (κ3) is 2.91. The third-order valence-electron chi connectivity index (χ3n) is 1.97. The number of nitrogens with zero attached hydrogens (tertiary/aromatic N) is 1. The fraction of sp³-hybridized carbons (Fsp3) is 0.182. The van der Waals surface area contributed by atoms with Crippen molar-refractivity contribution in [1.29, 1.82) is 0 Å². The van der Waals surface area contributed by atoms with E-state index in [1.54, 1.807) is 6.08 Å². The van der Waals surface area contributed by atoms with E-state index in [4.69, 9.17) is 0 Å². The highest BCUT2D eigenvalue weighted by Crippen LogP contribution is 2.22. The van der Waals surface area contributed by atoms with Gasteiger partial charge >= 0.3 is 0 Å². The summed E-state index contributed by atoms with van der Waals surface area (Å²) in [5.74, 6) is -0.209. The van der Waals surface area contributed by atoms with Crippen LogP contribution >= 0.6 is 0 Å². The molecule has 1 aromatic rings. The van der Waals surface area contributed by atoms with Crippen molar-refractivity contribution in [3.63, 3.8) is 0 Å². The molecule has 0 spiro atoms. The molecule has 5 heteroatoms. The van der Waals surface area contributed by atoms with Crippen molar-refractivity contribution in [1.82, 2.24) is 0 Å². The van der Waals surface area contributed by atoms with Crippen LogP contribution in [-0.2, 0) is 11.2 Å². The number of carbonyl (C=O) groups excluding carboxylic acids is 1. The van der Waals surface area contributed by atoms with Crippen molar-refractivity contribution in [2.45, 2.75) is 13.3 Å². The Labute approximate surface area is 92.9 Å². The number of carbonyl (C=O) groups is 1. The van der Waals surface area contributed by atoms with Crippen molar-refractivity contribution in [2.75, 3.05) is 5.32 Å². The van der Waals surface area contributed by atoms with Gasteiger partial charge in [0.1, 0.15) is 0 Å². The second-order valence-corrected chi connectivity index (χ2v) is 3.27. The normalized spacial score (nSPS) is 9.56. The van der Waals surface area contributed by atoms with Crippen LogP contribution in [0.15, 0.2) is 30.9 Å². The van der Waals surface area contributed by atoms with E-state index >= 15 is 0 Å². The molecule has 5 nitrogen and oxygen atoms in total. The Bertz CT molecular complexity index is 441. The zero-order valence-electron chi connectivity index (χ0n) is 8.90. The van der Waals surface area contributed by atoms with Crippen LogP contribution in [0.2, 0.25) is 0 Å². The number of non-ortho nitro benzene ring substituents is 1.